The summed E-state index contributed by atoms with van der Waals surface area (Å²) in [6.07, 6.45) is 3.34. The highest BCUT2D eigenvalue weighted by Gasteiger charge is 2.15. The minimum Gasteiger partial charge on any atom is -0.492 e. The summed E-state index contributed by atoms with van der Waals surface area (Å²) in [5, 5.41) is 12.8. The molecule has 0 saturated carbocycles. The molecule has 0 spiro atoms. The van der Waals surface area contributed by atoms with E-state index in [9.17, 15) is 4.39 Å². The van der Waals surface area contributed by atoms with Crippen molar-refractivity contribution in [2.75, 3.05) is 51.2 Å². The quantitative estimate of drug-likeness (QED) is 0.350. The molecule has 1 aliphatic heterocycles. The maximum absolute atomic E-state index is 14.3. The summed E-state index contributed by atoms with van der Waals surface area (Å²) in [7, 11) is 0. The third kappa shape index (κ3) is 5.73. The predicted molar refractivity (Wildman–Crippen MR) is 142 cm³/mol. The molecule has 0 amide bonds. The third-order valence-electron chi connectivity index (χ3n) is 6.44. The highest BCUT2D eigenvalue weighted by atomic mass is 35.5. The largest absolute Gasteiger partial charge is 0.492 e. The predicted octanol–water partition coefficient (Wildman–Crippen LogP) is 5.24. The molecule has 1 aliphatic rings. The van der Waals surface area contributed by atoms with Crippen molar-refractivity contribution in [3.63, 3.8) is 0 Å². The lowest BCUT2D eigenvalue weighted by Crippen LogP contribution is -2.47. The SMILES string of the molecule is CCN1CCN(CCOc2ccc3c(Nc4cnnc(-c5cc(Cl)ccc5F)c4)ccnc3c2)CC1. The van der Waals surface area contributed by atoms with E-state index in [4.69, 9.17) is 16.3 Å². The minimum atomic E-state index is -0.407. The molecule has 0 aliphatic carbocycles. The van der Waals surface area contributed by atoms with Crippen LogP contribution < -0.4 is 10.1 Å². The summed E-state index contributed by atoms with van der Waals surface area (Å²) in [6, 6.07) is 13.9. The highest BCUT2D eigenvalue weighted by Crippen LogP contribution is 2.30. The molecule has 0 unspecified atom stereocenters. The van der Waals surface area contributed by atoms with Gasteiger partial charge in [-0.15, -0.1) is 0 Å². The van der Waals surface area contributed by atoms with Crippen molar-refractivity contribution < 1.29 is 9.13 Å². The Morgan fingerprint density at radius 1 is 1.03 bits per heavy atom. The topological polar surface area (TPSA) is 66.4 Å². The van der Waals surface area contributed by atoms with Gasteiger partial charge in [0.05, 0.1) is 23.1 Å². The van der Waals surface area contributed by atoms with Gasteiger partial charge in [0.25, 0.3) is 0 Å². The van der Waals surface area contributed by atoms with Gasteiger partial charge in [-0.25, -0.2) is 4.39 Å². The van der Waals surface area contributed by atoms with Crippen LogP contribution in [0.25, 0.3) is 22.2 Å². The second kappa shape index (κ2) is 11.2. The lowest BCUT2D eigenvalue weighted by Gasteiger charge is -2.33. The zero-order chi connectivity index (χ0) is 24.9. The molecule has 0 radical (unpaired) electrons. The van der Waals surface area contributed by atoms with Crippen molar-refractivity contribution in [2.24, 2.45) is 0 Å². The first kappa shape index (κ1) is 24.4. The monoisotopic (exact) mass is 506 g/mol. The Morgan fingerprint density at radius 3 is 2.69 bits per heavy atom. The van der Waals surface area contributed by atoms with E-state index in [2.05, 4.69) is 37.2 Å². The van der Waals surface area contributed by atoms with E-state index in [-0.39, 0.29) is 0 Å². The Kier molecular flexibility index (Phi) is 7.55. The van der Waals surface area contributed by atoms with Crippen LogP contribution in [0.15, 0.2) is 60.9 Å². The maximum Gasteiger partial charge on any atom is 0.132 e. The van der Waals surface area contributed by atoms with Crippen LogP contribution in [-0.2, 0) is 0 Å². The molecule has 5 rings (SSSR count). The van der Waals surface area contributed by atoms with Gasteiger partial charge in [0.2, 0.25) is 0 Å². The van der Waals surface area contributed by atoms with Gasteiger partial charge >= 0.3 is 0 Å². The number of likely N-dealkylation sites (N-methyl/N-ethyl adjacent to an activating group) is 1. The van der Waals surface area contributed by atoms with E-state index in [0.29, 0.717) is 28.6 Å². The average molecular weight is 507 g/mol. The van der Waals surface area contributed by atoms with Crippen LogP contribution in [-0.4, -0.2) is 70.9 Å². The molecular formula is C27H28ClFN6O. The van der Waals surface area contributed by atoms with Crippen molar-refractivity contribution in [1.82, 2.24) is 25.0 Å². The second-order valence-corrected chi connectivity index (χ2v) is 9.18. The first-order chi connectivity index (χ1) is 17.6. The number of ether oxygens (including phenoxy) is 1. The molecule has 2 aromatic heterocycles. The molecular weight excluding hydrogens is 479 g/mol. The zero-order valence-corrected chi connectivity index (χ0v) is 20.9. The fourth-order valence-corrected chi connectivity index (χ4v) is 4.54. The van der Waals surface area contributed by atoms with E-state index < -0.39 is 5.82 Å². The molecule has 0 bridgehead atoms. The van der Waals surface area contributed by atoms with Crippen LogP contribution in [0.1, 0.15) is 6.92 Å². The Labute approximate surface area is 214 Å². The van der Waals surface area contributed by atoms with Crippen LogP contribution in [0.5, 0.6) is 5.75 Å². The Balaban J connectivity index is 1.27. The van der Waals surface area contributed by atoms with Crippen molar-refractivity contribution in [1.29, 1.82) is 0 Å². The van der Waals surface area contributed by atoms with Crippen LogP contribution in [0.3, 0.4) is 0 Å². The number of piperazine rings is 1. The number of fused-ring (bicyclic) bond motifs is 1. The highest BCUT2D eigenvalue weighted by molar-refractivity contribution is 6.30. The van der Waals surface area contributed by atoms with Crippen molar-refractivity contribution >= 4 is 33.9 Å². The van der Waals surface area contributed by atoms with Gasteiger partial charge in [-0.05, 0) is 49.0 Å². The van der Waals surface area contributed by atoms with Gasteiger partial charge in [0, 0.05) is 66.6 Å². The third-order valence-corrected chi connectivity index (χ3v) is 6.68. The van der Waals surface area contributed by atoms with E-state index >= 15 is 0 Å². The first-order valence-electron chi connectivity index (χ1n) is 12.1. The van der Waals surface area contributed by atoms with Crippen molar-refractivity contribution in [3.8, 4) is 17.0 Å². The van der Waals surface area contributed by atoms with E-state index in [1.54, 1.807) is 24.5 Å². The fourth-order valence-electron chi connectivity index (χ4n) is 4.36. The van der Waals surface area contributed by atoms with Gasteiger partial charge in [0.15, 0.2) is 0 Å². The maximum atomic E-state index is 14.3. The van der Waals surface area contributed by atoms with Crippen LogP contribution in [0.4, 0.5) is 15.8 Å². The van der Waals surface area contributed by atoms with Gasteiger partial charge in [-0.3, -0.25) is 9.88 Å². The number of nitrogens with one attached hydrogen (secondary N) is 1. The van der Waals surface area contributed by atoms with Crippen LogP contribution >= 0.6 is 11.6 Å². The summed E-state index contributed by atoms with van der Waals surface area (Å²) in [4.78, 5) is 9.43. The Bertz CT molecular complexity index is 1350. The number of hydrogen-bond donors (Lipinski definition) is 1. The minimum absolute atomic E-state index is 0.298. The number of aromatic nitrogens is 3. The van der Waals surface area contributed by atoms with Gasteiger partial charge < -0.3 is 15.0 Å². The first-order valence-corrected chi connectivity index (χ1v) is 12.5. The molecule has 9 heteroatoms. The summed E-state index contributed by atoms with van der Waals surface area (Å²) in [6.45, 7) is 9.28. The van der Waals surface area contributed by atoms with Gasteiger partial charge in [-0.1, -0.05) is 18.5 Å². The Morgan fingerprint density at radius 2 is 1.86 bits per heavy atom. The summed E-state index contributed by atoms with van der Waals surface area (Å²) >= 11 is 6.04. The smallest absolute Gasteiger partial charge is 0.132 e. The standard InChI is InChI=1S/C27H28ClFN6O/c1-2-34-9-11-35(12-10-34)13-14-36-21-4-5-22-25(7-8-30-26(22)17-21)32-20-16-27(33-31-18-20)23-15-19(28)3-6-24(23)29/h3-8,15-18H,2,9-14H2,1H3,(H,30,32,33). The van der Waals surface area contributed by atoms with E-state index in [1.165, 1.54) is 12.1 Å². The van der Waals surface area contributed by atoms with E-state index in [1.807, 2.05) is 24.3 Å². The van der Waals surface area contributed by atoms with Crippen LogP contribution in [0, 0.1) is 5.82 Å². The molecule has 1 saturated heterocycles. The van der Waals surface area contributed by atoms with Gasteiger partial charge in [0.1, 0.15) is 18.2 Å². The number of anilines is 2. The summed E-state index contributed by atoms with van der Waals surface area (Å²) in [5.74, 6) is 0.389. The number of hydrogen-bond acceptors (Lipinski definition) is 7. The number of halogens is 2. The van der Waals surface area contributed by atoms with Crippen LogP contribution in [0.2, 0.25) is 5.02 Å². The fraction of sp³-hybridized carbons (Fsp3) is 0.296. The van der Waals surface area contributed by atoms with E-state index in [0.717, 1.165) is 61.6 Å². The summed E-state index contributed by atoms with van der Waals surface area (Å²) < 4.78 is 20.3. The van der Waals surface area contributed by atoms with Gasteiger partial charge in [-0.2, -0.15) is 10.2 Å². The molecule has 3 heterocycles. The molecule has 7 nitrogen and oxygen atoms in total. The molecule has 1 N–H and O–H groups in total. The van der Waals surface area contributed by atoms with Crippen molar-refractivity contribution in [3.05, 3.63) is 71.8 Å². The normalized spacial score (nSPS) is 14.8. The lowest BCUT2D eigenvalue weighted by molar-refractivity contribution is 0.121. The number of pyridine rings is 1. The second-order valence-electron chi connectivity index (χ2n) is 8.74. The summed E-state index contributed by atoms with van der Waals surface area (Å²) in [5.41, 5.74) is 3.04. The molecule has 0 atom stereocenters. The molecule has 36 heavy (non-hydrogen) atoms. The number of nitrogens with zero attached hydrogens (tertiary/aromatic N) is 5. The Hall–Kier alpha value is -3.33. The number of benzene rings is 2. The zero-order valence-electron chi connectivity index (χ0n) is 20.1. The molecule has 2 aromatic carbocycles. The molecule has 4 aromatic rings. The van der Waals surface area contributed by atoms with Crippen molar-refractivity contribution in [2.45, 2.75) is 6.92 Å². The lowest BCUT2D eigenvalue weighted by atomic mass is 10.1. The average Bonchev–Trinajstić information content (AvgIpc) is 2.91. The molecule has 186 valence electrons. The number of rotatable bonds is 8. The molecule has 1 fully saturated rings.